The van der Waals surface area contributed by atoms with Gasteiger partial charge in [0.2, 0.25) is 0 Å². The van der Waals surface area contributed by atoms with Crippen LogP contribution in [0.15, 0.2) is 29.6 Å². The maximum absolute atomic E-state index is 12.2. The number of rotatable bonds is 5. The number of nitrogens with zero attached hydrogens (tertiary/aromatic N) is 1. The van der Waals surface area contributed by atoms with Crippen molar-refractivity contribution in [3.63, 3.8) is 0 Å². The molecule has 2 N–H and O–H groups in total. The fraction of sp³-hybridized carbons (Fsp3) is 0.267. The summed E-state index contributed by atoms with van der Waals surface area (Å²) in [5, 5.41) is 14.4. The van der Waals surface area contributed by atoms with E-state index in [9.17, 15) is 14.7 Å². The molecule has 0 saturated carbocycles. The molecule has 1 aromatic carbocycles. The number of thiazole rings is 1. The Morgan fingerprint density at radius 3 is 2.41 bits per heavy atom. The third-order valence-electron chi connectivity index (χ3n) is 3.31. The number of carbonyl (C=O) groups excluding carboxylic acids is 1. The van der Waals surface area contributed by atoms with Gasteiger partial charge in [-0.3, -0.25) is 4.79 Å². The summed E-state index contributed by atoms with van der Waals surface area (Å²) in [6, 6.07) is 6.52. The highest BCUT2D eigenvalue weighted by Crippen LogP contribution is 2.24. The van der Waals surface area contributed by atoms with Crippen LogP contribution in [0.3, 0.4) is 0 Å². The number of methoxy groups -OCH3 is 1. The molecule has 0 radical (unpaired) electrons. The number of benzene rings is 1. The Balaban J connectivity index is 2.31. The molecule has 1 heterocycles. The summed E-state index contributed by atoms with van der Waals surface area (Å²) >= 11 is 1.33. The van der Waals surface area contributed by atoms with E-state index in [0.717, 1.165) is 5.01 Å². The van der Waals surface area contributed by atoms with E-state index >= 15 is 0 Å². The summed E-state index contributed by atoms with van der Waals surface area (Å²) in [5.74, 6) is -1.07. The number of amides is 1. The van der Waals surface area contributed by atoms with Crippen LogP contribution in [0, 0.1) is 6.92 Å². The van der Waals surface area contributed by atoms with E-state index in [1.165, 1.54) is 25.4 Å². The Labute approximate surface area is 131 Å². The lowest BCUT2D eigenvalue weighted by Gasteiger charge is -2.26. The van der Waals surface area contributed by atoms with Crippen LogP contribution in [0.2, 0.25) is 0 Å². The first-order valence-electron chi connectivity index (χ1n) is 6.49. The molecule has 7 heteroatoms. The summed E-state index contributed by atoms with van der Waals surface area (Å²) in [6.07, 6.45) is 0. The highest BCUT2D eigenvalue weighted by molar-refractivity contribution is 7.09. The molecule has 0 aliphatic heterocycles. The molecule has 0 unspecified atom stereocenters. The van der Waals surface area contributed by atoms with Crippen LogP contribution in [0.1, 0.15) is 28.0 Å². The number of hydrogen-bond donors (Lipinski definition) is 2. The first-order chi connectivity index (χ1) is 10.4. The number of carboxylic acids is 1. The van der Waals surface area contributed by atoms with E-state index in [2.05, 4.69) is 10.3 Å². The Kier molecular flexibility index (Phi) is 4.46. The summed E-state index contributed by atoms with van der Waals surface area (Å²) in [6.45, 7) is 3.22. The average Bonchev–Trinajstić information content (AvgIpc) is 2.93. The van der Waals surface area contributed by atoms with Crippen molar-refractivity contribution in [2.75, 3.05) is 7.11 Å². The lowest BCUT2D eigenvalue weighted by Crippen LogP contribution is -2.49. The molecule has 0 fully saturated rings. The third-order valence-corrected chi connectivity index (χ3v) is 4.08. The van der Waals surface area contributed by atoms with Gasteiger partial charge in [-0.2, -0.15) is 0 Å². The molecule has 0 spiro atoms. The van der Waals surface area contributed by atoms with Crippen LogP contribution >= 0.6 is 11.3 Å². The monoisotopic (exact) mass is 320 g/mol. The predicted molar refractivity (Wildman–Crippen MR) is 82.3 cm³/mol. The smallest absolute Gasteiger partial charge is 0.333 e. The van der Waals surface area contributed by atoms with Gasteiger partial charge in [0.25, 0.3) is 5.91 Å². The van der Waals surface area contributed by atoms with Gasteiger partial charge in [-0.15, -0.1) is 11.3 Å². The number of carbonyl (C=O) groups is 2. The minimum absolute atomic E-state index is 0.212. The molecule has 0 aliphatic carbocycles. The lowest BCUT2D eigenvalue weighted by atomic mass is 9.91. The standard InChI is InChI=1S/C15H16N2O4S/c1-9-16-12(8-22-9)13(18)17-15(2,14(19)20)10-4-6-11(21-3)7-5-10/h4-8H,1-3H3,(H,17,18)(H,19,20)/t15-/m0/s1. The Morgan fingerprint density at radius 1 is 1.32 bits per heavy atom. The Morgan fingerprint density at radius 2 is 1.95 bits per heavy atom. The van der Waals surface area contributed by atoms with Crippen LogP contribution in [-0.4, -0.2) is 29.1 Å². The van der Waals surface area contributed by atoms with Crippen LogP contribution in [0.4, 0.5) is 0 Å². The van der Waals surface area contributed by atoms with Crippen LogP contribution < -0.4 is 10.1 Å². The molecule has 116 valence electrons. The largest absolute Gasteiger partial charge is 0.497 e. The number of hydrogen-bond acceptors (Lipinski definition) is 5. The van der Waals surface area contributed by atoms with Crippen LogP contribution in [0.5, 0.6) is 5.75 Å². The van der Waals surface area contributed by atoms with E-state index in [4.69, 9.17) is 4.74 Å². The van der Waals surface area contributed by atoms with Crippen molar-refractivity contribution in [2.45, 2.75) is 19.4 Å². The summed E-state index contributed by atoms with van der Waals surface area (Å²) in [4.78, 5) is 28.0. The molecule has 0 aliphatic rings. The van der Waals surface area contributed by atoms with Crippen molar-refractivity contribution in [3.8, 4) is 5.75 Å². The quantitative estimate of drug-likeness (QED) is 0.881. The van der Waals surface area contributed by atoms with Gasteiger partial charge in [-0.05, 0) is 31.5 Å². The Hall–Kier alpha value is -2.41. The predicted octanol–water partition coefficient (Wildman–Crippen LogP) is 2.19. The van der Waals surface area contributed by atoms with Crippen molar-refractivity contribution in [1.82, 2.24) is 10.3 Å². The van der Waals surface area contributed by atoms with Gasteiger partial charge in [-0.1, -0.05) is 12.1 Å². The highest BCUT2D eigenvalue weighted by Gasteiger charge is 2.37. The van der Waals surface area contributed by atoms with Crippen molar-refractivity contribution in [3.05, 3.63) is 45.9 Å². The number of aryl methyl sites for hydroxylation is 1. The normalized spacial score (nSPS) is 13.2. The lowest BCUT2D eigenvalue weighted by molar-refractivity contribution is -0.144. The molecule has 2 aromatic rings. The Bertz CT molecular complexity index is 696. The molecule has 1 aromatic heterocycles. The molecule has 1 atom stereocenters. The minimum atomic E-state index is -1.55. The summed E-state index contributed by atoms with van der Waals surface area (Å²) < 4.78 is 5.05. The number of nitrogens with one attached hydrogen (secondary N) is 1. The van der Waals surface area contributed by atoms with E-state index in [-0.39, 0.29) is 5.69 Å². The molecule has 0 saturated heterocycles. The fourth-order valence-corrected chi connectivity index (χ4v) is 2.53. The second kappa shape index (κ2) is 6.15. The van der Waals surface area contributed by atoms with E-state index in [1.807, 2.05) is 0 Å². The first-order valence-corrected chi connectivity index (χ1v) is 7.37. The van der Waals surface area contributed by atoms with E-state index < -0.39 is 17.4 Å². The van der Waals surface area contributed by atoms with E-state index in [0.29, 0.717) is 11.3 Å². The van der Waals surface area contributed by atoms with Crippen molar-refractivity contribution in [1.29, 1.82) is 0 Å². The average molecular weight is 320 g/mol. The van der Waals surface area contributed by atoms with Crippen molar-refractivity contribution in [2.24, 2.45) is 0 Å². The summed E-state index contributed by atoms with van der Waals surface area (Å²) in [7, 11) is 1.53. The molecule has 2 rings (SSSR count). The third kappa shape index (κ3) is 3.09. The molecule has 0 bridgehead atoms. The molecule has 6 nitrogen and oxygen atoms in total. The SMILES string of the molecule is COc1ccc([C@](C)(NC(=O)c2csc(C)n2)C(=O)O)cc1. The topological polar surface area (TPSA) is 88.5 Å². The first kappa shape index (κ1) is 16.0. The fourth-order valence-electron chi connectivity index (χ4n) is 1.93. The van der Waals surface area contributed by atoms with Gasteiger partial charge < -0.3 is 15.2 Å². The number of aliphatic carboxylic acids is 1. The summed E-state index contributed by atoms with van der Waals surface area (Å²) in [5.41, 5.74) is -0.898. The second-order valence-electron chi connectivity index (χ2n) is 4.86. The van der Waals surface area contributed by atoms with Gasteiger partial charge in [0.1, 0.15) is 11.4 Å². The van der Waals surface area contributed by atoms with Crippen molar-refractivity contribution >= 4 is 23.2 Å². The zero-order chi connectivity index (χ0) is 16.3. The molecular formula is C15H16N2O4S. The van der Waals surface area contributed by atoms with Gasteiger partial charge >= 0.3 is 5.97 Å². The molecule has 1 amide bonds. The van der Waals surface area contributed by atoms with Crippen LogP contribution in [0.25, 0.3) is 0 Å². The maximum Gasteiger partial charge on any atom is 0.333 e. The minimum Gasteiger partial charge on any atom is -0.497 e. The van der Waals surface area contributed by atoms with Gasteiger partial charge in [0.15, 0.2) is 5.54 Å². The van der Waals surface area contributed by atoms with Crippen LogP contribution in [-0.2, 0) is 10.3 Å². The van der Waals surface area contributed by atoms with E-state index in [1.54, 1.807) is 36.6 Å². The van der Waals surface area contributed by atoms with Gasteiger partial charge in [0.05, 0.1) is 12.1 Å². The second-order valence-corrected chi connectivity index (χ2v) is 5.93. The number of carboxylic acid groups (broad SMARTS) is 1. The maximum atomic E-state index is 12.2. The zero-order valence-electron chi connectivity index (χ0n) is 12.4. The number of aromatic nitrogens is 1. The molecule has 22 heavy (non-hydrogen) atoms. The number of ether oxygens (including phenoxy) is 1. The molecular weight excluding hydrogens is 304 g/mol. The highest BCUT2D eigenvalue weighted by atomic mass is 32.1. The zero-order valence-corrected chi connectivity index (χ0v) is 13.2. The van der Waals surface area contributed by atoms with Gasteiger partial charge in [-0.25, -0.2) is 9.78 Å². The van der Waals surface area contributed by atoms with Gasteiger partial charge in [0, 0.05) is 5.38 Å². The van der Waals surface area contributed by atoms with Crippen molar-refractivity contribution < 1.29 is 19.4 Å².